The van der Waals surface area contributed by atoms with Gasteiger partial charge in [0.1, 0.15) is 0 Å². The van der Waals surface area contributed by atoms with Crippen molar-refractivity contribution in [2.24, 2.45) is 13.0 Å². The molecule has 1 N–H and O–H groups in total. The van der Waals surface area contributed by atoms with E-state index in [9.17, 15) is 0 Å². The number of likely N-dealkylation sites (tertiary alicyclic amines) is 1. The first-order valence-corrected chi connectivity index (χ1v) is 7.73. The lowest BCUT2D eigenvalue weighted by molar-refractivity contribution is 0.199. The van der Waals surface area contributed by atoms with Gasteiger partial charge in [0.2, 0.25) is 0 Å². The van der Waals surface area contributed by atoms with Crippen molar-refractivity contribution >= 4 is 24.8 Å². The Hall–Kier alpha value is -0.290. The predicted octanol–water partition coefficient (Wildman–Crippen LogP) is 2.27. The van der Waals surface area contributed by atoms with E-state index < -0.39 is 0 Å². The summed E-state index contributed by atoms with van der Waals surface area (Å²) in [6.07, 6.45) is 10.8. The molecule has 122 valence electrons. The van der Waals surface area contributed by atoms with Crippen molar-refractivity contribution in [1.29, 1.82) is 0 Å². The summed E-state index contributed by atoms with van der Waals surface area (Å²) in [5.41, 5.74) is 1.36. The van der Waals surface area contributed by atoms with E-state index >= 15 is 0 Å². The molecule has 1 saturated carbocycles. The highest BCUT2D eigenvalue weighted by Crippen LogP contribution is 2.28. The third-order valence-electron chi connectivity index (χ3n) is 4.45. The SMILES string of the molecule is Cl.Cl.Cn1cc(CCN2CCC(NCC3CC3)CC2)cn1. The van der Waals surface area contributed by atoms with Crippen LogP contribution in [0, 0.1) is 5.92 Å². The van der Waals surface area contributed by atoms with E-state index in [1.165, 1.54) is 57.4 Å². The van der Waals surface area contributed by atoms with Gasteiger partial charge in [-0.3, -0.25) is 4.68 Å². The molecule has 0 bridgehead atoms. The van der Waals surface area contributed by atoms with Crippen LogP contribution in [0.15, 0.2) is 12.4 Å². The number of piperidine rings is 1. The Morgan fingerprint density at radius 3 is 2.48 bits per heavy atom. The lowest BCUT2D eigenvalue weighted by Gasteiger charge is -2.32. The van der Waals surface area contributed by atoms with Crippen molar-refractivity contribution in [3.8, 4) is 0 Å². The lowest BCUT2D eigenvalue weighted by Crippen LogP contribution is -2.43. The minimum atomic E-state index is 0. The fourth-order valence-corrected chi connectivity index (χ4v) is 2.90. The third kappa shape index (κ3) is 6.15. The molecule has 0 atom stereocenters. The number of aromatic nitrogens is 2. The van der Waals surface area contributed by atoms with Gasteiger partial charge < -0.3 is 10.2 Å². The highest BCUT2D eigenvalue weighted by atomic mass is 35.5. The van der Waals surface area contributed by atoms with Crippen LogP contribution in [-0.4, -0.2) is 46.9 Å². The molecule has 0 spiro atoms. The number of hydrogen-bond donors (Lipinski definition) is 1. The van der Waals surface area contributed by atoms with E-state index in [0.717, 1.165) is 18.4 Å². The van der Waals surface area contributed by atoms with E-state index in [1.807, 2.05) is 17.9 Å². The van der Waals surface area contributed by atoms with Crippen LogP contribution in [0.2, 0.25) is 0 Å². The molecule has 2 heterocycles. The Labute approximate surface area is 140 Å². The zero-order valence-corrected chi connectivity index (χ0v) is 14.5. The minimum Gasteiger partial charge on any atom is -0.314 e. The standard InChI is InChI=1S/C15H26N4.2ClH/c1-18-12-14(11-17-18)4-7-19-8-5-15(6-9-19)16-10-13-2-3-13;;/h11-13,15-16H,2-10H2,1H3;2*1H. The number of halogens is 2. The zero-order chi connectivity index (χ0) is 13.1. The zero-order valence-electron chi connectivity index (χ0n) is 12.8. The second-order valence-electron chi connectivity index (χ2n) is 6.24. The van der Waals surface area contributed by atoms with Gasteiger partial charge in [-0.1, -0.05) is 0 Å². The van der Waals surface area contributed by atoms with E-state index in [1.54, 1.807) is 0 Å². The maximum Gasteiger partial charge on any atom is 0.0522 e. The number of rotatable bonds is 6. The van der Waals surface area contributed by atoms with Gasteiger partial charge in [0, 0.05) is 25.8 Å². The highest BCUT2D eigenvalue weighted by Gasteiger charge is 2.24. The Kier molecular flexibility index (Phi) is 8.03. The van der Waals surface area contributed by atoms with Gasteiger partial charge in [-0.25, -0.2) is 0 Å². The summed E-state index contributed by atoms with van der Waals surface area (Å²) in [6, 6.07) is 0.773. The summed E-state index contributed by atoms with van der Waals surface area (Å²) in [4.78, 5) is 2.60. The second kappa shape index (κ2) is 8.99. The lowest BCUT2D eigenvalue weighted by atomic mass is 10.0. The number of nitrogens with zero attached hydrogens (tertiary/aromatic N) is 3. The van der Waals surface area contributed by atoms with Crippen molar-refractivity contribution < 1.29 is 0 Å². The maximum absolute atomic E-state index is 4.23. The Balaban J connectivity index is 0.00000110. The van der Waals surface area contributed by atoms with Crippen LogP contribution in [0.1, 0.15) is 31.2 Å². The van der Waals surface area contributed by atoms with E-state index in [2.05, 4.69) is 21.5 Å². The van der Waals surface area contributed by atoms with E-state index in [0.29, 0.717) is 0 Å². The summed E-state index contributed by atoms with van der Waals surface area (Å²) >= 11 is 0. The Bertz CT molecular complexity index is 398. The molecule has 21 heavy (non-hydrogen) atoms. The van der Waals surface area contributed by atoms with Crippen LogP contribution in [0.3, 0.4) is 0 Å². The summed E-state index contributed by atoms with van der Waals surface area (Å²) < 4.78 is 1.89. The minimum absolute atomic E-state index is 0. The molecule has 3 rings (SSSR count). The average molecular weight is 335 g/mol. The molecule has 4 nitrogen and oxygen atoms in total. The molecular weight excluding hydrogens is 307 g/mol. The van der Waals surface area contributed by atoms with Crippen molar-refractivity contribution in [3.05, 3.63) is 18.0 Å². The second-order valence-corrected chi connectivity index (χ2v) is 6.24. The quantitative estimate of drug-likeness (QED) is 0.866. The molecule has 1 saturated heterocycles. The molecule has 1 aliphatic heterocycles. The van der Waals surface area contributed by atoms with Crippen LogP contribution in [0.25, 0.3) is 0 Å². The van der Waals surface area contributed by atoms with Crippen molar-refractivity contribution in [3.63, 3.8) is 0 Å². The monoisotopic (exact) mass is 334 g/mol. The van der Waals surface area contributed by atoms with Crippen LogP contribution in [0.4, 0.5) is 0 Å². The molecule has 0 amide bonds. The van der Waals surface area contributed by atoms with E-state index in [-0.39, 0.29) is 24.8 Å². The van der Waals surface area contributed by atoms with Crippen molar-refractivity contribution in [1.82, 2.24) is 20.0 Å². The Morgan fingerprint density at radius 1 is 1.19 bits per heavy atom. The predicted molar refractivity (Wildman–Crippen MR) is 91.6 cm³/mol. The van der Waals surface area contributed by atoms with Crippen molar-refractivity contribution in [2.45, 2.75) is 38.1 Å². The first-order valence-electron chi connectivity index (χ1n) is 7.73. The third-order valence-corrected chi connectivity index (χ3v) is 4.45. The molecule has 2 aliphatic rings. The average Bonchev–Trinajstić information content (AvgIpc) is 3.17. The molecule has 0 aromatic carbocycles. The van der Waals surface area contributed by atoms with Gasteiger partial charge in [-0.2, -0.15) is 5.10 Å². The summed E-state index contributed by atoms with van der Waals surface area (Å²) in [5.74, 6) is 1.00. The number of nitrogens with one attached hydrogen (secondary N) is 1. The van der Waals surface area contributed by atoms with Gasteiger partial charge in [0.15, 0.2) is 0 Å². The fourth-order valence-electron chi connectivity index (χ4n) is 2.90. The summed E-state index contributed by atoms with van der Waals surface area (Å²) in [5, 5.41) is 7.97. The van der Waals surface area contributed by atoms with Crippen LogP contribution < -0.4 is 5.32 Å². The largest absolute Gasteiger partial charge is 0.314 e. The summed E-state index contributed by atoms with van der Waals surface area (Å²) in [7, 11) is 1.99. The highest BCUT2D eigenvalue weighted by molar-refractivity contribution is 5.85. The first-order chi connectivity index (χ1) is 9.29. The molecule has 0 unspecified atom stereocenters. The van der Waals surface area contributed by atoms with Gasteiger partial charge in [0.05, 0.1) is 6.20 Å². The van der Waals surface area contributed by atoms with Gasteiger partial charge in [-0.15, -0.1) is 24.8 Å². The molecular formula is C15H28Cl2N4. The van der Waals surface area contributed by atoms with Gasteiger partial charge in [0.25, 0.3) is 0 Å². The number of aryl methyl sites for hydroxylation is 1. The molecule has 1 aromatic rings. The van der Waals surface area contributed by atoms with Gasteiger partial charge >= 0.3 is 0 Å². The smallest absolute Gasteiger partial charge is 0.0522 e. The first kappa shape index (κ1) is 18.8. The fraction of sp³-hybridized carbons (Fsp3) is 0.800. The normalized spacial score (nSPS) is 19.9. The molecule has 0 radical (unpaired) electrons. The molecule has 1 aliphatic carbocycles. The van der Waals surface area contributed by atoms with E-state index in [4.69, 9.17) is 0 Å². The van der Waals surface area contributed by atoms with Crippen LogP contribution in [-0.2, 0) is 13.5 Å². The maximum atomic E-state index is 4.23. The van der Waals surface area contributed by atoms with Crippen LogP contribution in [0.5, 0.6) is 0 Å². The van der Waals surface area contributed by atoms with Crippen molar-refractivity contribution in [2.75, 3.05) is 26.2 Å². The van der Waals surface area contributed by atoms with Gasteiger partial charge in [-0.05, 0) is 63.2 Å². The Morgan fingerprint density at radius 2 is 1.90 bits per heavy atom. The van der Waals surface area contributed by atoms with Crippen LogP contribution >= 0.6 is 24.8 Å². The molecule has 2 fully saturated rings. The summed E-state index contributed by atoms with van der Waals surface area (Å²) in [6.45, 7) is 4.95. The molecule has 6 heteroatoms. The topological polar surface area (TPSA) is 33.1 Å². The molecule has 1 aromatic heterocycles. The number of hydrogen-bond acceptors (Lipinski definition) is 3.